The predicted molar refractivity (Wildman–Crippen MR) is 58.0 cm³/mol. The Hall–Kier alpha value is -1.49. The maximum Gasteiger partial charge on any atom is 0.274 e. The molecule has 3 nitrogen and oxygen atoms in total. The van der Waals surface area contributed by atoms with Crippen LogP contribution in [0.2, 0.25) is 0 Å². The zero-order chi connectivity index (χ0) is 10.8. The molecule has 0 fully saturated rings. The summed E-state index contributed by atoms with van der Waals surface area (Å²) in [5, 5.41) is 0. The highest BCUT2D eigenvalue weighted by atomic mass is 79.9. The number of halogens is 2. The second kappa shape index (κ2) is 3.94. The molecular weight excluding hydrogens is 263 g/mol. The summed E-state index contributed by atoms with van der Waals surface area (Å²) in [7, 11) is 0. The molecule has 1 heterocycles. The van der Waals surface area contributed by atoms with E-state index in [9.17, 15) is 9.18 Å². The highest BCUT2D eigenvalue weighted by molar-refractivity contribution is 9.10. The summed E-state index contributed by atoms with van der Waals surface area (Å²) in [5.41, 5.74) is -0.142. The minimum Gasteiger partial charge on any atom is -0.326 e. The fourth-order valence-corrected chi connectivity index (χ4v) is 1.58. The van der Waals surface area contributed by atoms with E-state index < -0.39 is 11.4 Å². The van der Waals surface area contributed by atoms with E-state index in [0.717, 1.165) is 0 Å². The second-order valence-corrected chi connectivity index (χ2v) is 3.81. The summed E-state index contributed by atoms with van der Waals surface area (Å²) in [6.07, 6.45) is 2.82. The van der Waals surface area contributed by atoms with Crippen LogP contribution in [0, 0.1) is 5.82 Å². The summed E-state index contributed by atoms with van der Waals surface area (Å²) in [4.78, 5) is 17.7. The highest BCUT2D eigenvalue weighted by Gasteiger charge is 2.09. The van der Waals surface area contributed by atoms with Gasteiger partial charge in [-0.25, -0.2) is 9.37 Å². The van der Waals surface area contributed by atoms with Gasteiger partial charge in [-0.1, -0.05) is 15.9 Å². The fourth-order valence-electron chi connectivity index (χ4n) is 1.22. The van der Waals surface area contributed by atoms with Crippen molar-refractivity contribution in [2.75, 3.05) is 0 Å². The average molecular weight is 269 g/mol. The lowest BCUT2D eigenvalue weighted by Gasteiger charge is -2.01. The Bertz CT molecular complexity index is 553. The van der Waals surface area contributed by atoms with Gasteiger partial charge in [-0.05, 0) is 18.2 Å². The van der Waals surface area contributed by atoms with Crippen molar-refractivity contribution in [3.63, 3.8) is 0 Å². The number of rotatable bonds is 1. The summed E-state index contributed by atoms with van der Waals surface area (Å²) >= 11 is 3.21. The first-order chi connectivity index (χ1) is 7.18. The van der Waals surface area contributed by atoms with E-state index >= 15 is 0 Å². The lowest BCUT2D eigenvalue weighted by Crippen LogP contribution is -2.10. The Kier molecular flexibility index (Phi) is 2.64. The van der Waals surface area contributed by atoms with Crippen LogP contribution in [0.4, 0.5) is 4.39 Å². The molecule has 0 spiro atoms. The summed E-state index contributed by atoms with van der Waals surface area (Å²) in [6.45, 7) is 0. The number of nitrogens with zero attached hydrogens (tertiary/aromatic N) is 1. The van der Waals surface area contributed by atoms with Crippen LogP contribution in [0.25, 0.3) is 11.3 Å². The van der Waals surface area contributed by atoms with Crippen molar-refractivity contribution in [3.05, 3.63) is 51.2 Å². The summed E-state index contributed by atoms with van der Waals surface area (Å²) < 4.78 is 14.1. The van der Waals surface area contributed by atoms with Gasteiger partial charge in [-0.2, -0.15) is 0 Å². The molecule has 0 amide bonds. The Balaban J connectivity index is 2.69. The number of aromatic amines is 1. The molecule has 0 aliphatic rings. The number of nitrogens with one attached hydrogen (secondary N) is 1. The maximum absolute atomic E-state index is 13.4. The number of H-pyrrole nitrogens is 1. The lowest BCUT2D eigenvalue weighted by molar-refractivity contribution is 0.630. The molecule has 0 radical (unpaired) electrons. The molecule has 2 rings (SSSR count). The fraction of sp³-hybridized carbons (Fsp3) is 0. The number of benzene rings is 1. The summed E-state index contributed by atoms with van der Waals surface area (Å²) in [6, 6.07) is 4.37. The standard InChI is InChI=1S/C10H6BrFN2O/c11-6-1-2-8(12)7(5-6)9-10(15)14-4-3-13-9/h1-5H,(H,14,15). The van der Waals surface area contributed by atoms with Crippen molar-refractivity contribution in [1.82, 2.24) is 9.97 Å². The van der Waals surface area contributed by atoms with Gasteiger partial charge in [0.15, 0.2) is 0 Å². The molecular formula is C10H6BrFN2O. The normalized spacial score (nSPS) is 10.3. The van der Waals surface area contributed by atoms with E-state index in [1.807, 2.05) is 0 Å². The Morgan fingerprint density at radius 3 is 2.93 bits per heavy atom. The van der Waals surface area contributed by atoms with Gasteiger partial charge in [0.25, 0.3) is 5.56 Å². The smallest absolute Gasteiger partial charge is 0.274 e. The van der Waals surface area contributed by atoms with E-state index in [0.29, 0.717) is 4.47 Å². The maximum atomic E-state index is 13.4. The minimum atomic E-state index is -0.470. The largest absolute Gasteiger partial charge is 0.326 e. The van der Waals surface area contributed by atoms with Gasteiger partial charge in [0.05, 0.1) is 0 Å². The van der Waals surface area contributed by atoms with Crippen molar-refractivity contribution in [2.45, 2.75) is 0 Å². The molecule has 5 heteroatoms. The molecule has 1 aromatic heterocycles. The molecule has 76 valence electrons. The first-order valence-corrected chi connectivity index (χ1v) is 4.97. The van der Waals surface area contributed by atoms with Crippen LogP contribution in [0.1, 0.15) is 0 Å². The van der Waals surface area contributed by atoms with Crippen LogP contribution in [0.5, 0.6) is 0 Å². The predicted octanol–water partition coefficient (Wildman–Crippen LogP) is 2.34. The lowest BCUT2D eigenvalue weighted by atomic mass is 10.1. The van der Waals surface area contributed by atoms with Gasteiger partial charge < -0.3 is 4.98 Å². The third-order valence-electron chi connectivity index (χ3n) is 1.89. The highest BCUT2D eigenvalue weighted by Crippen LogP contribution is 2.21. The van der Waals surface area contributed by atoms with E-state index in [-0.39, 0.29) is 11.3 Å². The first-order valence-electron chi connectivity index (χ1n) is 4.17. The van der Waals surface area contributed by atoms with Crippen molar-refractivity contribution in [2.24, 2.45) is 0 Å². The van der Waals surface area contributed by atoms with Gasteiger partial charge in [-0.3, -0.25) is 4.79 Å². The molecule has 0 saturated carbocycles. The van der Waals surface area contributed by atoms with Crippen molar-refractivity contribution in [3.8, 4) is 11.3 Å². The molecule has 1 N–H and O–H groups in total. The molecule has 0 saturated heterocycles. The van der Waals surface area contributed by atoms with Crippen molar-refractivity contribution >= 4 is 15.9 Å². The Morgan fingerprint density at radius 2 is 2.20 bits per heavy atom. The van der Waals surface area contributed by atoms with E-state index in [1.165, 1.54) is 24.5 Å². The quantitative estimate of drug-likeness (QED) is 0.863. The van der Waals surface area contributed by atoms with Gasteiger partial charge >= 0.3 is 0 Å². The van der Waals surface area contributed by atoms with Gasteiger partial charge in [0.2, 0.25) is 0 Å². The van der Waals surface area contributed by atoms with Crippen LogP contribution in [0.3, 0.4) is 0 Å². The van der Waals surface area contributed by atoms with Gasteiger partial charge in [0.1, 0.15) is 11.5 Å². The Labute approximate surface area is 93.1 Å². The molecule has 15 heavy (non-hydrogen) atoms. The Morgan fingerprint density at radius 1 is 1.40 bits per heavy atom. The van der Waals surface area contributed by atoms with Crippen LogP contribution >= 0.6 is 15.9 Å². The zero-order valence-corrected chi connectivity index (χ0v) is 9.08. The molecule has 0 unspecified atom stereocenters. The molecule has 0 atom stereocenters. The third kappa shape index (κ3) is 1.97. The minimum absolute atomic E-state index is 0.0799. The first kappa shape index (κ1) is 10.0. The van der Waals surface area contributed by atoms with Crippen LogP contribution in [0.15, 0.2) is 39.9 Å². The second-order valence-electron chi connectivity index (χ2n) is 2.89. The topological polar surface area (TPSA) is 45.8 Å². The number of hydrogen-bond donors (Lipinski definition) is 1. The number of hydrogen-bond acceptors (Lipinski definition) is 2. The molecule has 1 aromatic carbocycles. The SMILES string of the molecule is O=c1[nH]ccnc1-c1cc(Br)ccc1F. The van der Waals surface area contributed by atoms with Crippen molar-refractivity contribution in [1.29, 1.82) is 0 Å². The summed E-state index contributed by atoms with van der Waals surface area (Å²) in [5.74, 6) is -0.470. The van der Waals surface area contributed by atoms with Crippen LogP contribution < -0.4 is 5.56 Å². The van der Waals surface area contributed by atoms with E-state index in [2.05, 4.69) is 25.9 Å². The van der Waals surface area contributed by atoms with E-state index in [4.69, 9.17) is 0 Å². The van der Waals surface area contributed by atoms with Gasteiger partial charge in [0, 0.05) is 22.4 Å². The molecule has 0 bridgehead atoms. The molecule has 0 aliphatic heterocycles. The zero-order valence-electron chi connectivity index (χ0n) is 7.50. The van der Waals surface area contributed by atoms with Crippen LogP contribution in [-0.2, 0) is 0 Å². The average Bonchev–Trinajstić information content (AvgIpc) is 2.23. The molecule has 0 aliphatic carbocycles. The monoisotopic (exact) mass is 268 g/mol. The van der Waals surface area contributed by atoms with E-state index in [1.54, 1.807) is 6.07 Å². The van der Waals surface area contributed by atoms with Gasteiger partial charge in [-0.15, -0.1) is 0 Å². The molecule has 2 aromatic rings. The third-order valence-corrected chi connectivity index (χ3v) is 2.38. The number of aromatic nitrogens is 2. The van der Waals surface area contributed by atoms with Crippen LogP contribution in [-0.4, -0.2) is 9.97 Å². The van der Waals surface area contributed by atoms with Crippen molar-refractivity contribution < 1.29 is 4.39 Å².